The molecule has 2 aromatic carbocycles. The molecule has 0 unspecified atom stereocenters. The molecule has 0 heterocycles. The average molecular weight is 543 g/mol. The van der Waals surface area contributed by atoms with Gasteiger partial charge < -0.3 is 0 Å². The van der Waals surface area contributed by atoms with Crippen molar-refractivity contribution in [2.24, 2.45) is 0 Å². The van der Waals surface area contributed by atoms with Gasteiger partial charge in [0.15, 0.2) is 0 Å². The van der Waals surface area contributed by atoms with E-state index in [1.54, 1.807) is 0 Å². The van der Waals surface area contributed by atoms with E-state index < -0.39 is 81.2 Å². The van der Waals surface area contributed by atoms with E-state index in [9.17, 15) is 51.9 Å². The highest BCUT2D eigenvalue weighted by atomic mass is 35.5. The van der Waals surface area contributed by atoms with E-state index in [-0.39, 0.29) is 0 Å². The Bertz CT molecular complexity index is 1380. The Labute approximate surface area is 180 Å². The summed E-state index contributed by atoms with van der Waals surface area (Å²) in [7, 11) is -20.8. The third kappa shape index (κ3) is 5.10. The van der Waals surface area contributed by atoms with Crippen LogP contribution >= 0.6 is 23.2 Å². The fourth-order valence-corrected chi connectivity index (χ4v) is 5.93. The van der Waals surface area contributed by atoms with E-state index in [1.165, 1.54) is 0 Å². The second kappa shape index (κ2) is 7.66. The fourth-order valence-electron chi connectivity index (χ4n) is 2.31. The summed E-state index contributed by atoms with van der Waals surface area (Å²) in [5.74, 6) is 0. The molecule has 0 atom stereocenters. The molecular weight excluding hydrogens is 535 g/mol. The smallest absolute Gasteiger partial charge is 0.282 e. The molecule has 0 spiro atoms. The monoisotopic (exact) mass is 542 g/mol. The molecule has 0 saturated heterocycles. The van der Waals surface area contributed by atoms with Crippen molar-refractivity contribution in [3.63, 3.8) is 0 Å². The standard InChI is InChI=1S/C12H8Cl2O12S4/c13-7-3-9(27(15,16)17)5(1-11(7)29(21,22)23)6-2-12(30(24,25)26)8(14)4-10(6)28(18,19)20/h1-4H,(H,15,16,17)(H,18,19,20)(H,21,22,23)(H,24,25,26). The van der Waals surface area contributed by atoms with Crippen LogP contribution in [0, 0.1) is 0 Å². The number of halogens is 2. The molecule has 4 N–H and O–H groups in total. The Morgan fingerprint density at radius 1 is 0.467 bits per heavy atom. The highest BCUT2D eigenvalue weighted by Crippen LogP contribution is 2.40. The first-order valence-corrected chi connectivity index (χ1v) is 13.3. The molecule has 0 saturated carbocycles. The summed E-state index contributed by atoms with van der Waals surface area (Å²) in [6.07, 6.45) is 0. The lowest BCUT2D eigenvalue weighted by molar-refractivity contribution is 0.477. The average Bonchev–Trinajstić information content (AvgIpc) is 2.50. The van der Waals surface area contributed by atoms with E-state index in [4.69, 9.17) is 23.2 Å². The summed E-state index contributed by atoms with van der Waals surface area (Å²) >= 11 is 11.2. The Balaban J connectivity index is 3.24. The minimum Gasteiger partial charge on any atom is -0.282 e. The number of hydrogen-bond acceptors (Lipinski definition) is 8. The molecule has 12 nitrogen and oxygen atoms in total. The highest BCUT2D eigenvalue weighted by Gasteiger charge is 2.30. The predicted molar refractivity (Wildman–Crippen MR) is 101 cm³/mol. The van der Waals surface area contributed by atoms with Crippen molar-refractivity contribution in [1.82, 2.24) is 0 Å². The van der Waals surface area contributed by atoms with Gasteiger partial charge in [-0.3, -0.25) is 18.2 Å². The van der Waals surface area contributed by atoms with Crippen molar-refractivity contribution >= 4 is 63.7 Å². The highest BCUT2D eigenvalue weighted by molar-refractivity contribution is 7.87. The van der Waals surface area contributed by atoms with Crippen LogP contribution < -0.4 is 0 Å². The molecule has 2 aromatic rings. The Kier molecular flexibility index (Phi) is 6.36. The van der Waals surface area contributed by atoms with E-state index in [0.29, 0.717) is 24.3 Å². The molecule has 0 fully saturated rings. The third-order valence-electron chi connectivity index (χ3n) is 3.47. The molecule has 0 bridgehead atoms. The van der Waals surface area contributed by atoms with Crippen molar-refractivity contribution in [3.05, 3.63) is 34.3 Å². The SMILES string of the molecule is O=S(=O)(O)c1cc(-c2cc(S(=O)(=O)O)c(Cl)cc2S(=O)(=O)O)c(S(=O)(=O)O)cc1Cl. The van der Waals surface area contributed by atoms with Gasteiger partial charge in [-0.2, -0.15) is 33.7 Å². The second-order valence-corrected chi connectivity index (χ2v) is 11.8. The van der Waals surface area contributed by atoms with Gasteiger partial charge >= 0.3 is 0 Å². The van der Waals surface area contributed by atoms with Crippen LogP contribution in [0.25, 0.3) is 11.1 Å². The summed E-state index contributed by atoms with van der Waals surface area (Å²) in [6, 6.07) is 1.24. The molecule has 30 heavy (non-hydrogen) atoms. The lowest BCUT2D eigenvalue weighted by atomic mass is 10.1. The van der Waals surface area contributed by atoms with Crippen LogP contribution in [0.4, 0.5) is 0 Å². The lowest BCUT2D eigenvalue weighted by Gasteiger charge is -2.15. The molecule has 166 valence electrons. The van der Waals surface area contributed by atoms with Gasteiger partial charge in [-0.05, 0) is 24.3 Å². The number of hydrogen-bond donors (Lipinski definition) is 4. The van der Waals surface area contributed by atoms with Crippen molar-refractivity contribution in [2.75, 3.05) is 0 Å². The van der Waals surface area contributed by atoms with Gasteiger partial charge in [0.25, 0.3) is 40.5 Å². The van der Waals surface area contributed by atoms with Crippen LogP contribution in [0.5, 0.6) is 0 Å². The molecule has 0 amide bonds. The van der Waals surface area contributed by atoms with Gasteiger partial charge in [-0.15, -0.1) is 0 Å². The third-order valence-corrected chi connectivity index (χ3v) is 7.89. The molecule has 0 aromatic heterocycles. The summed E-state index contributed by atoms with van der Waals surface area (Å²) in [4.78, 5) is -4.77. The summed E-state index contributed by atoms with van der Waals surface area (Å²) in [6.45, 7) is 0. The molecule has 0 aliphatic rings. The van der Waals surface area contributed by atoms with Crippen LogP contribution in [0.1, 0.15) is 0 Å². The lowest BCUT2D eigenvalue weighted by Crippen LogP contribution is -2.09. The van der Waals surface area contributed by atoms with Crippen molar-refractivity contribution in [2.45, 2.75) is 19.6 Å². The molecular formula is C12H8Cl2O12S4. The van der Waals surface area contributed by atoms with E-state index in [2.05, 4.69) is 0 Å². The number of rotatable bonds is 5. The first-order chi connectivity index (χ1) is 13.2. The van der Waals surface area contributed by atoms with Crippen molar-refractivity contribution in [1.29, 1.82) is 0 Å². The molecule has 2 rings (SSSR count). The Hall–Kier alpha value is -1.34. The summed E-state index contributed by atoms with van der Waals surface area (Å²) in [5, 5.41) is -1.82. The van der Waals surface area contributed by atoms with Gasteiger partial charge in [-0.1, -0.05) is 23.2 Å². The maximum atomic E-state index is 11.7. The Morgan fingerprint density at radius 3 is 0.900 bits per heavy atom. The predicted octanol–water partition coefficient (Wildman–Crippen LogP) is 1.65. The zero-order valence-electron chi connectivity index (χ0n) is 13.8. The maximum Gasteiger partial charge on any atom is 0.296 e. The van der Waals surface area contributed by atoms with Crippen LogP contribution in [0.2, 0.25) is 10.0 Å². The van der Waals surface area contributed by atoms with Crippen LogP contribution in [-0.2, 0) is 40.5 Å². The Morgan fingerprint density at radius 2 is 0.700 bits per heavy atom. The van der Waals surface area contributed by atoms with Gasteiger partial charge in [-0.25, -0.2) is 0 Å². The summed E-state index contributed by atoms with van der Waals surface area (Å²) in [5.41, 5.74) is -2.05. The van der Waals surface area contributed by atoms with E-state index in [0.717, 1.165) is 0 Å². The minimum atomic E-state index is -5.27. The zero-order chi connectivity index (χ0) is 23.4. The van der Waals surface area contributed by atoms with Crippen molar-refractivity contribution < 1.29 is 51.9 Å². The van der Waals surface area contributed by atoms with E-state index in [1.807, 2.05) is 0 Å². The molecule has 18 heteroatoms. The first-order valence-electron chi connectivity index (χ1n) is 6.82. The van der Waals surface area contributed by atoms with Gasteiger partial charge in [0.2, 0.25) is 0 Å². The molecule has 0 aliphatic heterocycles. The first kappa shape index (κ1) is 24.9. The van der Waals surface area contributed by atoms with Crippen molar-refractivity contribution in [3.8, 4) is 11.1 Å². The zero-order valence-corrected chi connectivity index (χ0v) is 18.5. The second-order valence-electron chi connectivity index (χ2n) is 5.46. The normalized spacial score (nSPS) is 13.4. The van der Waals surface area contributed by atoms with Gasteiger partial charge in [0.1, 0.15) is 19.6 Å². The maximum absolute atomic E-state index is 11.7. The minimum absolute atomic E-state index is 0.298. The quantitative estimate of drug-likeness (QED) is 0.396. The van der Waals surface area contributed by atoms with Crippen LogP contribution in [0.3, 0.4) is 0 Å². The van der Waals surface area contributed by atoms with Gasteiger partial charge in [0.05, 0.1) is 10.0 Å². The summed E-state index contributed by atoms with van der Waals surface area (Å²) < 4.78 is 130. The fraction of sp³-hybridized carbons (Fsp3) is 0. The molecule has 0 aliphatic carbocycles. The topological polar surface area (TPSA) is 217 Å². The van der Waals surface area contributed by atoms with Gasteiger partial charge in [0, 0.05) is 11.1 Å². The van der Waals surface area contributed by atoms with E-state index >= 15 is 0 Å². The van der Waals surface area contributed by atoms with Crippen LogP contribution in [0.15, 0.2) is 43.8 Å². The number of benzene rings is 2. The largest absolute Gasteiger partial charge is 0.296 e. The molecule has 0 radical (unpaired) electrons. The van der Waals surface area contributed by atoms with Crippen LogP contribution in [-0.4, -0.2) is 51.9 Å².